The van der Waals surface area contributed by atoms with Crippen molar-refractivity contribution in [2.75, 3.05) is 0 Å². The van der Waals surface area contributed by atoms with Crippen LogP contribution in [0.15, 0.2) is 60.7 Å². The molecule has 0 saturated heterocycles. The number of benzene rings is 2. The fourth-order valence-electron chi connectivity index (χ4n) is 2.43. The molecular formula is C18H23NO. The van der Waals surface area contributed by atoms with E-state index in [1.54, 1.807) is 0 Å². The van der Waals surface area contributed by atoms with Crippen LogP contribution in [-0.4, -0.2) is 11.2 Å². The lowest BCUT2D eigenvalue weighted by atomic mass is 9.98. The summed E-state index contributed by atoms with van der Waals surface area (Å²) < 4.78 is 0. The Morgan fingerprint density at radius 3 is 2.15 bits per heavy atom. The SMILES string of the molecule is NC(C[C@@H](O)CCCc1ccccc1)c1ccccc1. The molecule has 0 fully saturated rings. The van der Waals surface area contributed by atoms with E-state index < -0.39 is 0 Å². The lowest BCUT2D eigenvalue weighted by molar-refractivity contribution is 0.143. The third kappa shape index (κ3) is 4.80. The van der Waals surface area contributed by atoms with Gasteiger partial charge in [-0.1, -0.05) is 60.7 Å². The van der Waals surface area contributed by atoms with Crippen LogP contribution in [0, 0.1) is 0 Å². The van der Waals surface area contributed by atoms with Crippen LogP contribution in [0.2, 0.25) is 0 Å². The maximum Gasteiger partial charge on any atom is 0.0558 e. The zero-order chi connectivity index (χ0) is 14.2. The average Bonchev–Trinajstić information content (AvgIpc) is 2.49. The molecule has 0 amide bonds. The molecule has 0 aromatic heterocycles. The van der Waals surface area contributed by atoms with E-state index in [0.717, 1.165) is 24.8 Å². The van der Waals surface area contributed by atoms with Gasteiger partial charge in [-0.15, -0.1) is 0 Å². The summed E-state index contributed by atoms with van der Waals surface area (Å²) in [4.78, 5) is 0. The first-order valence-electron chi connectivity index (χ1n) is 7.28. The van der Waals surface area contributed by atoms with Crippen LogP contribution in [-0.2, 0) is 6.42 Å². The molecule has 2 aromatic rings. The van der Waals surface area contributed by atoms with Gasteiger partial charge in [0, 0.05) is 6.04 Å². The van der Waals surface area contributed by atoms with E-state index >= 15 is 0 Å². The van der Waals surface area contributed by atoms with E-state index in [-0.39, 0.29) is 12.1 Å². The largest absolute Gasteiger partial charge is 0.393 e. The zero-order valence-electron chi connectivity index (χ0n) is 11.8. The molecular weight excluding hydrogens is 246 g/mol. The summed E-state index contributed by atoms with van der Waals surface area (Å²) in [5, 5.41) is 10.1. The van der Waals surface area contributed by atoms with Crippen molar-refractivity contribution >= 4 is 0 Å². The Labute approximate surface area is 121 Å². The Kier molecular flexibility index (Phi) is 5.78. The Morgan fingerprint density at radius 2 is 1.50 bits per heavy atom. The molecule has 2 aromatic carbocycles. The highest BCUT2D eigenvalue weighted by Crippen LogP contribution is 2.18. The number of aliphatic hydroxyl groups excluding tert-OH is 1. The minimum absolute atomic E-state index is 0.0806. The third-order valence-electron chi connectivity index (χ3n) is 3.60. The average molecular weight is 269 g/mol. The van der Waals surface area contributed by atoms with Gasteiger partial charge in [-0.05, 0) is 36.8 Å². The van der Waals surface area contributed by atoms with Crippen molar-refractivity contribution in [2.45, 2.75) is 37.8 Å². The van der Waals surface area contributed by atoms with Crippen molar-refractivity contribution < 1.29 is 5.11 Å². The van der Waals surface area contributed by atoms with Gasteiger partial charge in [-0.3, -0.25) is 0 Å². The normalized spacial score (nSPS) is 13.9. The number of aryl methyl sites for hydroxylation is 1. The molecule has 106 valence electrons. The topological polar surface area (TPSA) is 46.2 Å². The molecule has 0 spiro atoms. The van der Waals surface area contributed by atoms with E-state index in [1.807, 2.05) is 36.4 Å². The van der Waals surface area contributed by atoms with Gasteiger partial charge in [-0.2, -0.15) is 0 Å². The second-order valence-corrected chi connectivity index (χ2v) is 5.28. The summed E-state index contributed by atoms with van der Waals surface area (Å²) in [6.45, 7) is 0. The van der Waals surface area contributed by atoms with Gasteiger partial charge in [0.2, 0.25) is 0 Å². The molecule has 0 bridgehead atoms. The van der Waals surface area contributed by atoms with Gasteiger partial charge in [0.15, 0.2) is 0 Å². The van der Waals surface area contributed by atoms with Gasteiger partial charge in [0.25, 0.3) is 0 Å². The number of nitrogens with two attached hydrogens (primary N) is 1. The van der Waals surface area contributed by atoms with Crippen molar-refractivity contribution in [1.82, 2.24) is 0 Å². The monoisotopic (exact) mass is 269 g/mol. The predicted molar refractivity (Wildman–Crippen MR) is 83.4 cm³/mol. The minimum atomic E-state index is -0.325. The molecule has 0 saturated carbocycles. The lowest BCUT2D eigenvalue weighted by Crippen LogP contribution is -2.18. The van der Waals surface area contributed by atoms with Crippen LogP contribution in [0.3, 0.4) is 0 Å². The van der Waals surface area contributed by atoms with Crippen LogP contribution >= 0.6 is 0 Å². The molecule has 0 heterocycles. The molecule has 20 heavy (non-hydrogen) atoms. The quantitative estimate of drug-likeness (QED) is 0.808. The summed E-state index contributed by atoms with van der Waals surface area (Å²) in [6, 6.07) is 20.3. The van der Waals surface area contributed by atoms with Crippen molar-refractivity contribution in [1.29, 1.82) is 0 Å². The Morgan fingerprint density at radius 1 is 0.900 bits per heavy atom. The predicted octanol–water partition coefficient (Wildman–Crippen LogP) is 3.46. The third-order valence-corrected chi connectivity index (χ3v) is 3.60. The molecule has 2 rings (SSSR count). The molecule has 2 heteroatoms. The first kappa shape index (κ1) is 14.8. The van der Waals surface area contributed by atoms with E-state index in [1.165, 1.54) is 5.56 Å². The van der Waals surface area contributed by atoms with Crippen LogP contribution in [0.5, 0.6) is 0 Å². The number of rotatable bonds is 7. The summed E-state index contributed by atoms with van der Waals surface area (Å²) in [7, 11) is 0. The van der Waals surface area contributed by atoms with Crippen molar-refractivity contribution in [3.8, 4) is 0 Å². The standard InChI is InChI=1S/C18H23NO/c19-18(16-11-5-2-6-12-16)14-17(20)13-7-10-15-8-3-1-4-9-15/h1-6,8-9,11-12,17-18,20H,7,10,13-14,19H2/t17-,18?/m0/s1. The van der Waals surface area contributed by atoms with Gasteiger partial charge in [-0.25, -0.2) is 0 Å². The van der Waals surface area contributed by atoms with Crippen molar-refractivity contribution in [2.24, 2.45) is 5.73 Å². The summed E-state index contributed by atoms with van der Waals surface area (Å²) >= 11 is 0. The van der Waals surface area contributed by atoms with Gasteiger partial charge in [0.1, 0.15) is 0 Å². The molecule has 3 N–H and O–H groups in total. The summed E-state index contributed by atoms with van der Waals surface area (Å²) in [5.74, 6) is 0. The highest BCUT2D eigenvalue weighted by molar-refractivity contribution is 5.18. The van der Waals surface area contributed by atoms with Gasteiger partial charge < -0.3 is 10.8 Å². The van der Waals surface area contributed by atoms with Gasteiger partial charge >= 0.3 is 0 Å². The number of hydrogen-bond acceptors (Lipinski definition) is 2. The second kappa shape index (κ2) is 7.83. The van der Waals surface area contributed by atoms with Crippen molar-refractivity contribution in [3.63, 3.8) is 0 Å². The lowest BCUT2D eigenvalue weighted by Gasteiger charge is -2.16. The maximum absolute atomic E-state index is 10.1. The smallest absolute Gasteiger partial charge is 0.0558 e. The Balaban J connectivity index is 1.71. The van der Waals surface area contributed by atoms with E-state index in [0.29, 0.717) is 6.42 Å². The summed E-state index contributed by atoms with van der Waals surface area (Å²) in [6.07, 6.45) is 3.10. The Bertz CT molecular complexity index is 483. The molecule has 0 aliphatic carbocycles. The van der Waals surface area contributed by atoms with Gasteiger partial charge in [0.05, 0.1) is 6.10 Å². The van der Waals surface area contributed by atoms with E-state index in [2.05, 4.69) is 24.3 Å². The highest BCUT2D eigenvalue weighted by atomic mass is 16.3. The highest BCUT2D eigenvalue weighted by Gasteiger charge is 2.12. The van der Waals surface area contributed by atoms with Crippen LogP contribution < -0.4 is 5.73 Å². The van der Waals surface area contributed by atoms with Crippen LogP contribution in [0.1, 0.15) is 36.4 Å². The first-order chi connectivity index (χ1) is 9.75. The van der Waals surface area contributed by atoms with E-state index in [4.69, 9.17) is 5.73 Å². The molecule has 0 radical (unpaired) electrons. The maximum atomic E-state index is 10.1. The summed E-state index contributed by atoms with van der Waals surface area (Å²) in [5.41, 5.74) is 8.54. The zero-order valence-corrected chi connectivity index (χ0v) is 11.8. The fourth-order valence-corrected chi connectivity index (χ4v) is 2.43. The van der Waals surface area contributed by atoms with Crippen LogP contribution in [0.25, 0.3) is 0 Å². The number of hydrogen-bond donors (Lipinski definition) is 2. The number of aliphatic hydroxyl groups is 1. The molecule has 1 unspecified atom stereocenters. The van der Waals surface area contributed by atoms with E-state index in [9.17, 15) is 5.11 Å². The Hall–Kier alpha value is -1.64. The minimum Gasteiger partial charge on any atom is -0.393 e. The van der Waals surface area contributed by atoms with Crippen molar-refractivity contribution in [3.05, 3.63) is 71.8 Å². The molecule has 0 aliphatic rings. The fraction of sp³-hybridized carbons (Fsp3) is 0.333. The first-order valence-corrected chi connectivity index (χ1v) is 7.28. The van der Waals surface area contributed by atoms with Crippen LogP contribution in [0.4, 0.5) is 0 Å². The second-order valence-electron chi connectivity index (χ2n) is 5.28. The molecule has 2 atom stereocenters. The molecule has 0 aliphatic heterocycles. The molecule has 2 nitrogen and oxygen atoms in total.